The van der Waals surface area contributed by atoms with Gasteiger partial charge in [0.15, 0.2) is 23.3 Å². The van der Waals surface area contributed by atoms with Crippen molar-refractivity contribution < 1.29 is 35.5 Å². The average Bonchev–Trinajstić information content (AvgIpc) is 2.77. The Morgan fingerprint density at radius 2 is 1.35 bits per heavy atom. The topological polar surface area (TPSA) is 64.6 Å². The second-order valence-electron chi connectivity index (χ2n) is 6.12. The van der Waals surface area contributed by atoms with Crippen LogP contribution in [0, 0.1) is 23.3 Å². The summed E-state index contributed by atoms with van der Waals surface area (Å²) in [6.07, 6.45) is 0. The summed E-state index contributed by atoms with van der Waals surface area (Å²) in [6, 6.07) is 8.89. The van der Waals surface area contributed by atoms with Gasteiger partial charge in [0.05, 0.1) is 24.8 Å². The van der Waals surface area contributed by atoms with Gasteiger partial charge in [-0.3, -0.25) is 4.72 Å². The normalized spacial score (nSPS) is 11.3. The molecule has 0 aliphatic heterocycles. The Morgan fingerprint density at radius 3 is 1.87 bits per heavy atom. The van der Waals surface area contributed by atoms with Crippen molar-refractivity contribution in [3.8, 4) is 22.6 Å². The van der Waals surface area contributed by atoms with Crippen LogP contribution in [0.25, 0.3) is 11.1 Å². The van der Waals surface area contributed by atoms with Crippen LogP contribution in [0.5, 0.6) is 11.5 Å². The first kappa shape index (κ1) is 22.7. The van der Waals surface area contributed by atoms with Gasteiger partial charge in [0.25, 0.3) is 10.0 Å². The minimum absolute atomic E-state index is 0.0244. The summed E-state index contributed by atoms with van der Waals surface area (Å²) >= 11 is 6.06. The highest BCUT2D eigenvalue weighted by Crippen LogP contribution is 2.43. The zero-order valence-corrected chi connectivity index (χ0v) is 17.5. The predicted molar refractivity (Wildman–Crippen MR) is 107 cm³/mol. The summed E-state index contributed by atoms with van der Waals surface area (Å²) in [5.74, 6) is -8.17. The maximum absolute atomic E-state index is 14.8. The molecule has 164 valence electrons. The standard InChI is InChI=1S/C20H14ClF4NO4S/c1-29-12-8-10(9-13(30-2)15(12)21)14-16(22)17(23)18(24)19(25)20(14)26-31(27,28)11-6-4-3-5-7-11/h3-9,26H,1-2H3. The molecule has 0 aliphatic rings. The second-order valence-corrected chi connectivity index (χ2v) is 8.18. The number of methoxy groups -OCH3 is 2. The Morgan fingerprint density at radius 1 is 0.839 bits per heavy atom. The number of nitrogens with one attached hydrogen (secondary N) is 1. The van der Waals surface area contributed by atoms with Gasteiger partial charge in [-0.25, -0.2) is 26.0 Å². The van der Waals surface area contributed by atoms with Gasteiger partial charge in [-0.2, -0.15) is 0 Å². The van der Waals surface area contributed by atoms with Gasteiger partial charge < -0.3 is 9.47 Å². The van der Waals surface area contributed by atoms with Gasteiger partial charge in [0, 0.05) is 5.56 Å². The molecule has 0 heterocycles. The van der Waals surface area contributed by atoms with E-state index in [0.717, 1.165) is 12.1 Å². The van der Waals surface area contributed by atoms with Crippen molar-refractivity contribution in [1.82, 2.24) is 0 Å². The lowest BCUT2D eigenvalue weighted by Gasteiger charge is -2.18. The summed E-state index contributed by atoms with van der Waals surface area (Å²) in [4.78, 5) is -0.309. The largest absolute Gasteiger partial charge is 0.495 e. The van der Waals surface area contributed by atoms with Crippen molar-refractivity contribution in [2.24, 2.45) is 0 Å². The van der Waals surface area contributed by atoms with E-state index in [-0.39, 0.29) is 27.0 Å². The molecule has 11 heteroatoms. The molecular formula is C20H14ClF4NO4S. The molecule has 0 atom stereocenters. The van der Waals surface area contributed by atoms with Gasteiger partial charge in [0.1, 0.15) is 16.5 Å². The number of hydrogen-bond acceptors (Lipinski definition) is 4. The molecule has 0 unspecified atom stereocenters. The predicted octanol–water partition coefficient (Wildman–Crippen LogP) is 5.38. The number of ether oxygens (including phenoxy) is 2. The zero-order chi connectivity index (χ0) is 22.9. The van der Waals surface area contributed by atoms with E-state index in [4.69, 9.17) is 21.1 Å². The minimum Gasteiger partial charge on any atom is -0.495 e. The van der Waals surface area contributed by atoms with Crippen LogP contribution < -0.4 is 14.2 Å². The third-order valence-electron chi connectivity index (χ3n) is 4.29. The first-order valence-corrected chi connectivity index (χ1v) is 10.3. The molecule has 0 amide bonds. The summed E-state index contributed by atoms with van der Waals surface area (Å²) in [6.45, 7) is 0. The molecule has 5 nitrogen and oxygen atoms in total. The molecule has 3 aromatic carbocycles. The van der Waals surface area contributed by atoms with Crippen LogP contribution >= 0.6 is 11.6 Å². The van der Waals surface area contributed by atoms with E-state index in [0.29, 0.717) is 0 Å². The Balaban J connectivity index is 2.32. The number of benzene rings is 3. The Bertz CT molecular complexity index is 1230. The van der Waals surface area contributed by atoms with Crippen LogP contribution in [0.2, 0.25) is 5.02 Å². The molecular weight excluding hydrogens is 462 g/mol. The molecule has 0 aliphatic carbocycles. The van der Waals surface area contributed by atoms with Gasteiger partial charge in [-0.15, -0.1) is 0 Å². The van der Waals surface area contributed by atoms with Gasteiger partial charge in [0.2, 0.25) is 0 Å². The molecule has 3 rings (SSSR count). The molecule has 0 fully saturated rings. The molecule has 0 saturated carbocycles. The molecule has 0 saturated heterocycles. The van der Waals surface area contributed by atoms with Gasteiger partial charge >= 0.3 is 0 Å². The Hall–Kier alpha value is -2.98. The number of halogens is 5. The molecule has 31 heavy (non-hydrogen) atoms. The van der Waals surface area contributed by atoms with Crippen LogP contribution in [-0.2, 0) is 10.0 Å². The van der Waals surface area contributed by atoms with Crippen molar-refractivity contribution in [3.63, 3.8) is 0 Å². The Kier molecular flexibility index (Phi) is 6.33. The highest BCUT2D eigenvalue weighted by atomic mass is 35.5. The minimum atomic E-state index is -4.49. The molecule has 0 spiro atoms. The van der Waals surface area contributed by atoms with E-state index in [1.807, 2.05) is 0 Å². The first-order valence-electron chi connectivity index (χ1n) is 8.48. The lowest BCUT2D eigenvalue weighted by atomic mass is 10.0. The maximum atomic E-state index is 14.8. The molecule has 0 aromatic heterocycles. The van der Waals surface area contributed by atoms with Crippen LogP contribution in [-0.4, -0.2) is 22.6 Å². The van der Waals surface area contributed by atoms with Crippen LogP contribution in [0.15, 0.2) is 47.4 Å². The quantitative estimate of drug-likeness (QED) is 0.295. The van der Waals surface area contributed by atoms with Crippen molar-refractivity contribution in [1.29, 1.82) is 0 Å². The van der Waals surface area contributed by atoms with E-state index in [1.165, 1.54) is 44.6 Å². The zero-order valence-electron chi connectivity index (χ0n) is 16.0. The second kappa shape index (κ2) is 8.64. The number of sulfonamides is 1. The fourth-order valence-corrected chi connectivity index (χ4v) is 4.16. The SMILES string of the molecule is COc1cc(-c2c(F)c(F)c(F)c(F)c2NS(=O)(=O)c2ccccc2)cc(OC)c1Cl. The van der Waals surface area contributed by atoms with E-state index < -0.39 is 44.5 Å². The van der Waals surface area contributed by atoms with E-state index in [1.54, 1.807) is 4.72 Å². The van der Waals surface area contributed by atoms with Crippen LogP contribution in [0.1, 0.15) is 0 Å². The molecule has 3 aromatic rings. The fourth-order valence-electron chi connectivity index (χ4n) is 2.81. The third-order valence-corrected chi connectivity index (χ3v) is 6.03. The smallest absolute Gasteiger partial charge is 0.262 e. The van der Waals surface area contributed by atoms with Gasteiger partial charge in [-0.1, -0.05) is 29.8 Å². The first-order chi connectivity index (χ1) is 14.6. The summed E-state index contributed by atoms with van der Waals surface area (Å²) in [5.41, 5.74) is -2.31. The highest BCUT2D eigenvalue weighted by molar-refractivity contribution is 7.92. The van der Waals surface area contributed by atoms with E-state index in [9.17, 15) is 26.0 Å². The average molecular weight is 476 g/mol. The lowest BCUT2D eigenvalue weighted by molar-refractivity contribution is 0.395. The Labute approximate surface area is 180 Å². The summed E-state index contributed by atoms with van der Waals surface area (Å²) in [5, 5.41) is -0.0244. The van der Waals surface area contributed by atoms with Gasteiger partial charge in [-0.05, 0) is 29.8 Å². The van der Waals surface area contributed by atoms with Crippen molar-refractivity contribution in [3.05, 3.63) is 70.8 Å². The van der Waals surface area contributed by atoms with E-state index in [2.05, 4.69) is 0 Å². The maximum Gasteiger partial charge on any atom is 0.262 e. The third kappa shape index (κ3) is 4.13. The number of rotatable bonds is 6. The molecule has 0 bridgehead atoms. The van der Waals surface area contributed by atoms with E-state index >= 15 is 0 Å². The lowest BCUT2D eigenvalue weighted by Crippen LogP contribution is -2.17. The van der Waals surface area contributed by atoms with Crippen LogP contribution in [0.4, 0.5) is 23.2 Å². The monoisotopic (exact) mass is 475 g/mol. The van der Waals surface area contributed by atoms with Crippen molar-refractivity contribution in [2.45, 2.75) is 4.90 Å². The molecule has 0 radical (unpaired) electrons. The van der Waals surface area contributed by atoms with Crippen LogP contribution in [0.3, 0.4) is 0 Å². The highest BCUT2D eigenvalue weighted by Gasteiger charge is 2.30. The number of anilines is 1. The van der Waals surface area contributed by atoms with Crippen molar-refractivity contribution >= 4 is 27.3 Å². The van der Waals surface area contributed by atoms with Crippen molar-refractivity contribution in [2.75, 3.05) is 18.9 Å². The summed E-state index contributed by atoms with van der Waals surface area (Å²) < 4.78 is 94.8. The molecule has 1 N–H and O–H groups in total. The number of hydrogen-bond donors (Lipinski definition) is 1. The fraction of sp³-hybridized carbons (Fsp3) is 0.100. The summed E-state index contributed by atoms with van der Waals surface area (Å²) in [7, 11) is -2.03.